The molecule has 1 aromatic carbocycles. The Hall–Kier alpha value is -3.23. The second-order valence-corrected chi connectivity index (χ2v) is 5.37. The first-order chi connectivity index (χ1) is 12.4. The van der Waals surface area contributed by atoms with Crippen LogP contribution in [0.15, 0.2) is 40.6 Å². The number of carbonyl (C=O) groups excluding carboxylic acids is 2. The summed E-state index contributed by atoms with van der Waals surface area (Å²) in [4.78, 5) is 35.4. The Kier molecular flexibility index (Phi) is 6.05. The zero-order chi connectivity index (χ0) is 19.3. The maximum absolute atomic E-state index is 12.5. The van der Waals surface area contributed by atoms with Crippen molar-refractivity contribution < 1.29 is 24.0 Å². The first kappa shape index (κ1) is 19.1. The van der Waals surface area contributed by atoms with Crippen LogP contribution in [-0.2, 0) is 19.1 Å². The molecule has 0 radical (unpaired) electrons. The molecule has 1 N–H and O–H groups in total. The fourth-order valence-electron chi connectivity index (χ4n) is 2.61. The molecule has 1 aliphatic heterocycles. The van der Waals surface area contributed by atoms with E-state index in [0.29, 0.717) is 11.3 Å². The van der Waals surface area contributed by atoms with Crippen molar-refractivity contribution >= 4 is 23.3 Å². The van der Waals surface area contributed by atoms with Gasteiger partial charge in [-0.15, -0.1) is 0 Å². The van der Waals surface area contributed by atoms with E-state index in [4.69, 9.17) is 9.47 Å². The van der Waals surface area contributed by atoms with E-state index in [-0.39, 0.29) is 30.2 Å². The predicted octanol–water partition coefficient (Wildman–Crippen LogP) is 2.04. The van der Waals surface area contributed by atoms with Crippen LogP contribution in [0.5, 0.6) is 0 Å². The average Bonchev–Trinajstić information content (AvgIpc) is 2.61. The number of carbonyl (C=O) groups is 2. The Balaban J connectivity index is 2.60. The standard InChI is InChI=1S/C17H19N3O6/c1-4-25-16(21)13-10(3)18-19-15(17(22)26-5-2)14(13)11-7-6-8-12(9-11)20(23)24/h6-9,14,18H,4-5H2,1-3H3. The highest BCUT2D eigenvalue weighted by molar-refractivity contribution is 6.40. The first-order valence-corrected chi connectivity index (χ1v) is 8.03. The molecule has 0 fully saturated rings. The van der Waals surface area contributed by atoms with E-state index in [1.807, 2.05) is 0 Å². The smallest absolute Gasteiger partial charge is 0.355 e. The van der Waals surface area contributed by atoms with Gasteiger partial charge in [-0.05, 0) is 26.3 Å². The Morgan fingerprint density at radius 3 is 2.50 bits per heavy atom. The fraction of sp³-hybridized carbons (Fsp3) is 0.353. The van der Waals surface area contributed by atoms with Crippen LogP contribution in [-0.4, -0.2) is 35.8 Å². The molecular formula is C17H19N3O6. The molecule has 138 valence electrons. The maximum Gasteiger partial charge on any atom is 0.355 e. The van der Waals surface area contributed by atoms with Crippen molar-refractivity contribution in [3.05, 3.63) is 51.2 Å². The number of benzene rings is 1. The summed E-state index contributed by atoms with van der Waals surface area (Å²) in [6.07, 6.45) is 0. The zero-order valence-corrected chi connectivity index (χ0v) is 14.6. The zero-order valence-electron chi connectivity index (χ0n) is 14.6. The van der Waals surface area contributed by atoms with Gasteiger partial charge in [-0.1, -0.05) is 12.1 Å². The highest BCUT2D eigenvalue weighted by atomic mass is 16.6. The molecule has 2 rings (SSSR count). The number of nitrogens with zero attached hydrogens (tertiary/aromatic N) is 2. The Morgan fingerprint density at radius 2 is 1.88 bits per heavy atom. The van der Waals surface area contributed by atoms with Crippen LogP contribution in [0.25, 0.3) is 0 Å². The number of allylic oxidation sites excluding steroid dienone is 1. The SMILES string of the molecule is CCOC(=O)C1=NNC(C)=C(C(=O)OCC)C1c1cccc([N+](=O)[O-])c1. The minimum Gasteiger partial charge on any atom is -0.463 e. The molecule has 1 aliphatic rings. The van der Waals surface area contributed by atoms with E-state index in [9.17, 15) is 19.7 Å². The number of nitrogens with one attached hydrogen (secondary N) is 1. The normalized spacial score (nSPS) is 16.4. The lowest BCUT2D eigenvalue weighted by Crippen LogP contribution is -2.36. The average molecular weight is 361 g/mol. The number of non-ortho nitro benzene ring substituents is 1. The van der Waals surface area contributed by atoms with Crippen molar-refractivity contribution in [2.75, 3.05) is 13.2 Å². The van der Waals surface area contributed by atoms with E-state index in [2.05, 4.69) is 10.5 Å². The minimum absolute atomic E-state index is 0.0685. The number of hydrogen-bond acceptors (Lipinski definition) is 8. The molecule has 0 aliphatic carbocycles. The second kappa shape index (κ2) is 8.24. The van der Waals surface area contributed by atoms with Crippen molar-refractivity contribution in [2.24, 2.45) is 5.10 Å². The number of nitro benzene ring substituents is 1. The van der Waals surface area contributed by atoms with Gasteiger partial charge >= 0.3 is 11.9 Å². The molecule has 1 heterocycles. The van der Waals surface area contributed by atoms with Gasteiger partial charge in [-0.2, -0.15) is 5.10 Å². The van der Waals surface area contributed by atoms with Crippen LogP contribution in [0.3, 0.4) is 0 Å². The molecule has 0 amide bonds. The number of esters is 2. The summed E-state index contributed by atoms with van der Waals surface area (Å²) >= 11 is 0. The molecule has 1 aromatic rings. The molecule has 0 saturated carbocycles. The topological polar surface area (TPSA) is 120 Å². The Morgan fingerprint density at radius 1 is 1.23 bits per heavy atom. The summed E-state index contributed by atoms with van der Waals surface area (Å²) in [6, 6.07) is 5.70. The minimum atomic E-state index is -0.936. The molecule has 9 nitrogen and oxygen atoms in total. The molecular weight excluding hydrogens is 342 g/mol. The van der Waals surface area contributed by atoms with E-state index in [1.54, 1.807) is 26.8 Å². The molecule has 26 heavy (non-hydrogen) atoms. The van der Waals surface area contributed by atoms with Crippen molar-refractivity contribution in [3.63, 3.8) is 0 Å². The van der Waals surface area contributed by atoms with Gasteiger partial charge in [0.15, 0.2) is 5.71 Å². The summed E-state index contributed by atoms with van der Waals surface area (Å²) < 4.78 is 10.1. The third-order valence-electron chi connectivity index (χ3n) is 3.70. The van der Waals surface area contributed by atoms with E-state index in [0.717, 1.165) is 0 Å². The number of ether oxygens (including phenoxy) is 2. The van der Waals surface area contributed by atoms with Crippen molar-refractivity contribution in [3.8, 4) is 0 Å². The monoisotopic (exact) mass is 361 g/mol. The first-order valence-electron chi connectivity index (χ1n) is 8.03. The van der Waals surface area contributed by atoms with Gasteiger partial charge in [-0.25, -0.2) is 9.59 Å². The van der Waals surface area contributed by atoms with Crippen LogP contribution < -0.4 is 5.43 Å². The van der Waals surface area contributed by atoms with Crippen LogP contribution >= 0.6 is 0 Å². The van der Waals surface area contributed by atoms with E-state index in [1.165, 1.54) is 18.2 Å². The molecule has 0 saturated heterocycles. The van der Waals surface area contributed by atoms with Gasteiger partial charge in [0.05, 0.1) is 29.6 Å². The number of rotatable bonds is 6. The third kappa shape index (κ3) is 3.88. The van der Waals surface area contributed by atoms with Gasteiger partial charge in [0, 0.05) is 17.8 Å². The largest absolute Gasteiger partial charge is 0.463 e. The summed E-state index contributed by atoms with van der Waals surface area (Å²) in [5.74, 6) is -2.29. The van der Waals surface area contributed by atoms with Crippen molar-refractivity contribution in [1.29, 1.82) is 0 Å². The molecule has 9 heteroatoms. The lowest BCUT2D eigenvalue weighted by atomic mass is 9.84. The summed E-state index contributed by atoms with van der Waals surface area (Å²) in [5.41, 5.74) is 3.32. The maximum atomic E-state index is 12.5. The van der Waals surface area contributed by atoms with E-state index >= 15 is 0 Å². The van der Waals surface area contributed by atoms with Crippen molar-refractivity contribution in [1.82, 2.24) is 5.43 Å². The second-order valence-electron chi connectivity index (χ2n) is 5.37. The Bertz CT molecular complexity index is 799. The lowest BCUT2D eigenvalue weighted by Gasteiger charge is -2.26. The fourth-order valence-corrected chi connectivity index (χ4v) is 2.61. The molecule has 1 atom stereocenters. The van der Waals surface area contributed by atoms with Gasteiger partial charge < -0.3 is 9.47 Å². The van der Waals surface area contributed by atoms with E-state index < -0.39 is 22.8 Å². The third-order valence-corrected chi connectivity index (χ3v) is 3.70. The van der Waals surface area contributed by atoms with Crippen LogP contribution in [0.4, 0.5) is 5.69 Å². The van der Waals surface area contributed by atoms with Gasteiger partial charge in [0.25, 0.3) is 5.69 Å². The summed E-state index contributed by atoms with van der Waals surface area (Å²) in [5, 5.41) is 15.1. The van der Waals surface area contributed by atoms with Crippen LogP contribution in [0.1, 0.15) is 32.3 Å². The number of hydrazone groups is 1. The van der Waals surface area contributed by atoms with Crippen LogP contribution in [0, 0.1) is 10.1 Å². The highest BCUT2D eigenvalue weighted by Crippen LogP contribution is 2.33. The highest BCUT2D eigenvalue weighted by Gasteiger charge is 2.38. The van der Waals surface area contributed by atoms with Crippen LogP contribution in [0.2, 0.25) is 0 Å². The number of nitro groups is 1. The van der Waals surface area contributed by atoms with Gasteiger partial charge in [0.1, 0.15) is 0 Å². The molecule has 1 unspecified atom stereocenters. The lowest BCUT2D eigenvalue weighted by molar-refractivity contribution is -0.384. The quantitative estimate of drug-likeness (QED) is 0.467. The molecule has 0 spiro atoms. The summed E-state index contributed by atoms with van der Waals surface area (Å²) in [7, 11) is 0. The van der Waals surface area contributed by atoms with Crippen molar-refractivity contribution in [2.45, 2.75) is 26.7 Å². The molecule has 0 bridgehead atoms. The summed E-state index contributed by atoms with van der Waals surface area (Å²) in [6.45, 7) is 5.18. The van der Waals surface area contributed by atoms with Gasteiger partial charge in [-0.3, -0.25) is 15.5 Å². The Labute approximate surface area is 149 Å². The number of hydrogen-bond donors (Lipinski definition) is 1. The van der Waals surface area contributed by atoms with Gasteiger partial charge in [0.2, 0.25) is 0 Å². The molecule has 0 aromatic heterocycles. The predicted molar refractivity (Wildman–Crippen MR) is 92.4 cm³/mol.